The van der Waals surface area contributed by atoms with Crippen molar-refractivity contribution < 1.29 is 27.2 Å². The molecule has 1 heterocycles. The van der Waals surface area contributed by atoms with E-state index in [-0.39, 0.29) is 23.5 Å². The van der Waals surface area contributed by atoms with Crippen LogP contribution in [0.4, 0.5) is 10.1 Å². The number of anilines is 1. The van der Waals surface area contributed by atoms with Gasteiger partial charge in [0, 0.05) is 30.7 Å². The van der Waals surface area contributed by atoms with E-state index < -0.39 is 32.7 Å². The van der Waals surface area contributed by atoms with Crippen LogP contribution in [0.25, 0.3) is 0 Å². The molecule has 0 unspecified atom stereocenters. The maximum atomic E-state index is 13.6. The van der Waals surface area contributed by atoms with Crippen LogP contribution in [-0.2, 0) is 21.7 Å². The van der Waals surface area contributed by atoms with E-state index in [9.17, 15) is 27.2 Å². The van der Waals surface area contributed by atoms with Crippen molar-refractivity contribution in [2.45, 2.75) is 70.6 Å². The number of nitrogens with one attached hydrogen (secondary N) is 2. The molecule has 8 nitrogen and oxygen atoms in total. The van der Waals surface area contributed by atoms with Crippen LogP contribution in [0.5, 0.6) is 0 Å². The molecular weight excluding hydrogens is 485 g/mol. The lowest BCUT2D eigenvalue weighted by Crippen LogP contribution is -2.43. The van der Waals surface area contributed by atoms with E-state index >= 15 is 0 Å². The van der Waals surface area contributed by atoms with Crippen molar-refractivity contribution in [2.24, 2.45) is 7.05 Å². The zero-order valence-corrected chi connectivity index (χ0v) is 22.4. The number of carbonyl (C=O) groups is 3. The average Bonchev–Trinajstić information content (AvgIpc) is 3.05. The minimum absolute atomic E-state index is 0.125. The summed E-state index contributed by atoms with van der Waals surface area (Å²) in [6.45, 7) is 7.01. The summed E-state index contributed by atoms with van der Waals surface area (Å²) in [5, 5.41) is 5.10. The SMILES string of the molecule is Cc1cc(NC(=O)c2c(C)c(C(=O)C(=O)N[C@H]3CC[C@@H](S(C)(=O)=O)CC3)n(C)c2C(C)C)ccc1F. The second-order valence-corrected chi connectivity index (χ2v) is 12.3. The third kappa shape index (κ3) is 5.69. The van der Waals surface area contributed by atoms with Crippen LogP contribution in [0.2, 0.25) is 0 Å². The summed E-state index contributed by atoms with van der Waals surface area (Å²) < 4.78 is 38.8. The quantitative estimate of drug-likeness (QED) is 0.427. The number of Topliss-reactive ketones (excluding diaryl/α,β-unsaturated/α-hetero) is 1. The molecule has 36 heavy (non-hydrogen) atoms. The van der Waals surface area contributed by atoms with Gasteiger partial charge >= 0.3 is 0 Å². The zero-order chi connectivity index (χ0) is 26.9. The van der Waals surface area contributed by atoms with Gasteiger partial charge in [-0.1, -0.05) is 13.8 Å². The average molecular weight is 520 g/mol. The van der Waals surface area contributed by atoms with Gasteiger partial charge in [0.1, 0.15) is 15.7 Å². The van der Waals surface area contributed by atoms with Crippen molar-refractivity contribution >= 4 is 33.1 Å². The van der Waals surface area contributed by atoms with Crippen LogP contribution < -0.4 is 10.6 Å². The fourth-order valence-corrected chi connectivity index (χ4v) is 6.17. The van der Waals surface area contributed by atoms with Gasteiger partial charge in [0.05, 0.1) is 16.5 Å². The molecule has 1 saturated carbocycles. The van der Waals surface area contributed by atoms with Gasteiger partial charge in [-0.05, 0) is 74.8 Å². The van der Waals surface area contributed by atoms with Crippen LogP contribution in [0.1, 0.15) is 83.1 Å². The lowest BCUT2D eigenvalue weighted by atomic mass is 9.94. The molecule has 3 rings (SSSR count). The first-order chi connectivity index (χ1) is 16.7. The highest BCUT2D eigenvalue weighted by Gasteiger charge is 2.33. The second-order valence-electron chi connectivity index (χ2n) is 9.97. The van der Waals surface area contributed by atoms with Crippen LogP contribution in [0.3, 0.4) is 0 Å². The summed E-state index contributed by atoms with van der Waals surface area (Å²) in [6.07, 6.45) is 3.04. The Bertz CT molecular complexity index is 1310. The van der Waals surface area contributed by atoms with E-state index in [4.69, 9.17) is 0 Å². The van der Waals surface area contributed by atoms with Gasteiger partial charge in [0.2, 0.25) is 0 Å². The first kappa shape index (κ1) is 27.6. The van der Waals surface area contributed by atoms with E-state index in [1.807, 2.05) is 13.8 Å². The molecule has 0 bridgehead atoms. The van der Waals surface area contributed by atoms with E-state index in [1.54, 1.807) is 25.5 Å². The number of ketones is 1. The number of carbonyl (C=O) groups excluding carboxylic acids is 3. The van der Waals surface area contributed by atoms with Gasteiger partial charge in [-0.3, -0.25) is 14.4 Å². The third-order valence-electron chi connectivity index (χ3n) is 6.91. The fraction of sp³-hybridized carbons (Fsp3) is 0.500. The van der Waals surface area contributed by atoms with Crippen molar-refractivity contribution in [3.63, 3.8) is 0 Å². The Labute approximate surface area is 211 Å². The van der Waals surface area contributed by atoms with E-state index in [1.165, 1.54) is 24.5 Å². The predicted octanol–water partition coefficient (Wildman–Crippen LogP) is 3.81. The number of rotatable bonds is 7. The van der Waals surface area contributed by atoms with Gasteiger partial charge in [0.25, 0.3) is 17.6 Å². The Morgan fingerprint density at radius 1 is 1.08 bits per heavy atom. The molecule has 2 aromatic rings. The lowest BCUT2D eigenvalue weighted by Gasteiger charge is -2.27. The normalized spacial score (nSPS) is 18.2. The third-order valence-corrected chi connectivity index (χ3v) is 8.59. The van der Waals surface area contributed by atoms with E-state index in [0.29, 0.717) is 53.8 Å². The first-order valence-electron chi connectivity index (χ1n) is 12.0. The Morgan fingerprint density at radius 2 is 1.69 bits per heavy atom. The minimum atomic E-state index is -3.13. The van der Waals surface area contributed by atoms with Gasteiger partial charge in [0.15, 0.2) is 0 Å². The molecule has 0 spiro atoms. The second kappa shape index (κ2) is 10.5. The van der Waals surface area contributed by atoms with Gasteiger partial charge in [-0.2, -0.15) is 0 Å². The Morgan fingerprint density at radius 3 is 2.22 bits per heavy atom. The number of aryl methyl sites for hydroxylation is 1. The van der Waals surface area contributed by atoms with Crippen molar-refractivity contribution in [1.82, 2.24) is 9.88 Å². The number of nitrogens with zero attached hydrogens (tertiary/aromatic N) is 1. The first-order valence-corrected chi connectivity index (χ1v) is 14.0. The lowest BCUT2D eigenvalue weighted by molar-refractivity contribution is -0.117. The summed E-state index contributed by atoms with van der Waals surface area (Å²) in [6, 6.07) is 3.98. The predicted molar refractivity (Wildman–Crippen MR) is 137 cm³/mol. The summed E-state index contributed by atoms with van der Waals surface area (Å²) >= 11 is 0. The molecule has 10 heteroatoms. The van der Waals surface area contributed by atoms with Crippen LogP contribution in [0.15, 0.2) is 18.2 Å². The van der Waals surface area contributed by atoms with Crippen molar-refractivity contribution in [1.29, 1.82) is 0 Å². The molecule has 0 aliphatic heterocycles. The highest BCUT2D eigenvalue weighted by Crippen LogP contribution is 2.30. The molecule has 2 amide bonds. The van der Waals surface area contributed by atoms with Crippen molar-refractivity contribution in [3.05, 3.63) is 52.1 Å². The minimum Gasteiger partial charge on any atom is -0.346 e. The number of hydrogen-bond acceptors (Lipinski definition) is 5. The van der Waals surface area contributed by atoms with Crippen LogP contribution in [-0.4, -0.2) is 48.1 Å². The van der Waals surface area contributed by atoms with E-state index in [0.717, 1.165) is 0 Å². The Balaban J connectivity index is 1.84. The number of hydrogen-bond donors (Lipinski definition) is 2. The maximum Gasteiger partial charge on any atom is 0.294 e. The topological polar surface area (TPSA) is 114 Å². The van der Waals surface area contributed by atoms with Crippen LogP contribution >= 0.6 is 0 Å². The van der Waals surface area contributed by atoms with Crippen LogP contribution in [0, 0.1) is 19.7 Å². The fourth-order valence-electron chi connectivity index (χ4n) is 5.05. The summed E-state index contributed by atoms with van der Waals surface area (Å²) in [4.78, 5) is 39.4. The van der Waals surface area contributed by atoms with Gasteiger partial charge in [-0.25, -0.2) is 12.8 Å². The number of sulfone groups is 1. The molecule has 1 aliphatic rings. The summed E-state index contributed by atoms with van der Waals surface area (Å²) in [5.74, 6) is -2.48. The highest BCUT2D eigenvalue weighted by molar-refractivity contribution is 7.91. The Kier molecular flexibility index (Phi) is 8.07. The molecular formula is C26H34FN3O5S. The molecule has 0 radical (unpaired) electrons. The van der Waals surface area contributed by atoms with E-state index in [2.05, 4.69) is 10.6 Å². The molecule has 1 fully saturated rings. The summed E-state index contributed by atoms with van der Waals surface area (Å²) in [5.41, 5.74) is 2.24. The molecule has 1 aromatic carbocycles. The van der Waals surface area contributed by atoms with Crippen molar-refractivity contribution in [3.8, 4) is 0 Å². The molecule has 0 saturated heterocycles. The van der Waals surface area contributed by atoms with Gasteiger partial charge in [-0.15, -0.1) is 0 Å². The standard InChI is InChI=1S/C26H34FN3O5S/c1-14(2)22-21(25(32)29-18-9-12-20(27)15(3)13-18)16(4)23(30(22)5)24(31)26(33)28-17-7-10-19(11-8-17)36(6,34)35/h9,12-14,17,19H,7-8,10-11H2,1-6H3,(H,28,33)(H,29,32)/t17-,19+. The highest BCUT2D eigenvalue weighted by atomic mass is 32.2. The summed E-state index contributed by atoms with van der Waals surface area (Å²) in [7, 11) is -1.48. The zero-order valence-electron chi connectivity index (χ0n) is 21.6. The maximum absolute atomic E-state index is 13.6. The largest absolute Gasteiger partial charge is 0.346 e. The number of halogens is 1. The monoisotopic (exact) mass is 519 g/mol. The molecule has 2 N–H and O–H groups in total. The molecule has 1 aromatic heterocycles. The van der Waals surface area contributed by atoms with Crippen molar-refractivity contribution in [2.75, 3.05) is 11.6 Å². The molecule has 196 valence electrons. The molecule has 0 atom stereocenters. The number of aromatic nitrogens is 1. The smallest absolute Gasteiger partial charge is 0.294 e. The van der Waals surface area contributed by atoms with Gasteiger partial charge < -0.3 is 15.2 Å². The number of benzene rings is 1. The molecule has 1 aliphatic carbocycles. The number of amides is 2. The Hall–Kier alpha value is -3.01.